The van der Waals surface area contributed by atoms with Crippen molar-refractivity contribution < 1.29 is 0 Å². The fraction of sp³-hybridized carbons (Fsp3) is 0.143. The topological polar surface area (TPSA) is 15.8 Å². The molecular formula is C14H11NS. The summed E-state index contributed by atoms with van der Waals surface area (Å²) in [7, 11) is 0. The predicted molar refractivity (Wildman–Crippen MR) is 70.2 cm³/mol. The highest BCUT2D eigenvalue weighted by Gasteiger charge is 2.17. The average molecular weight is 225 g/mol. The maximum absolute atomic E-state index is 3.49. The highest BCUT2D eigenvalue weighted by atomic mass is 32.2. The van der Waals surface area contributed by atoms with Crippen LogP contribution in [0.5, 0.6) is 0 Å². The van der Waals surface area contributed by atoms with Crippen LogP contribution >= 0.6 is 11.8 Å². The molecule has 1 aromatic heterocycles. The van der Waals surface area contributed by atoms with Gasteiger partial charge in [0.15, 0.2) is 0 Å². The Morgan fingerprint density at radius 2 is 1.94 bits per heavy atom. The lowest BCUT2D eigenvalue weighted by Crippen LogP contribution is -1.79. The van der Waals surface area contributed by atoms with E-state index in [1.165, 1.54) is 44.4 Å². The van der Waals surface area contributed by atoms with Gasteiger partial charge in [0.2, 0.25) is 0 Å². The molecule has 1 aliphatic heterocycles. The van der Waals surface area contributed by atoms with E-state index in [2.05, 4.69) is 41.4 Å². The van der Waals surface area contributed by atoms with Crippen LogP contribution in [-0.4, -0.2) is 10.7 Å². The second-order valence-corrected chi connectivity index (χ2v) is 5.35. The monoisotopic (exact) mass is 225 g/mol. The lowest BCUT2D eigenvalue weighted by Gasteiger charge is -2.00. The summed E-state index contributed by atoms with van der Waals surface area (Å²) in [5.41, 5.74) is 4.04. The van der Waals surface area contributed by atoms with Crippen molar-refractivity contribution in [1.29, 1.82) is 0 Å². The van der Waals surface area contributed by atoms with E-state index < -0.39 is 0 Å². The first kappa shape index (κ1) is 8.71. The van der Waals surface area contributed by atoms with Gasteiger partial charge in [0.25, 0.3) is 0 Å². The fourth-order valence-corrected chi connectivity index (χ4v) is 3.82. The van der Waals surface area contributed by atoms with Crippen molar-refractivity contribution in [3.63, 3.8) is 0 Å². The van der Waals surface area contributed by atoms with Gasteiger partial charge in [0.1, 0.15) is 0 Å². The molecule has 2 aromatic carbocycles. The number of hydrogen-bond acceptors (Lipinski definition) is 1. The molecule has 0 aliphatic carbocycles. The quantitative estimate of drug-likeness (QED) is 0.612. The molecule has 2 heterocycles. The van der Waals surface area contributed by atoms with Crippen LogP contribution in [0.15, 0.2) is 41.3 Å². The number of hydrogen-bond donors (Lipinski definition) is 1. The Morgan fingerprint density at radius 1 is 1.00 bits per heavy atom. The number of fused-ring (bicyclic) bond motifs is 5. The molecule has 1 N–H and O–H groups in total. The third kappa shape index (κ3) is 1.03. The number of thioether (sulfide) groups is 1. The highest BCUT2D eigenvalue weighted by Crippen LogP contribution is 2.40. The summed E-state index contributed by atoms with van der Waals surface area (Å²) < 4.78 is 0. The Labute approximate surface area is 97.9 Å². The Hall–Kier alpha value is -1.41. The number of aryl methyl sites for hydroxylation is 1. The SMILES string of the molecule is c1ccc2c(c1)[nH]c1ccc3c(c12)SCC3. The maximum Gasteiger partial charge on any atom is 0.0476 e. The Bertz CT molecular complexity index is 696. The molecule has 1 aliphatic rings. The van der Waals surface area contributed by atoms with Crippen LogP contribution in [0.4, 0.5) is 0 Å². The summed E-state index contributed by atoms with van der Waals surface area (Å²) in [5.74, 6) is 1.23. The maximum atomic E-state index is 3.49. The molecule has 78 valence electrons. The zero-order valence-corrected chi connectivity index (χ0v) is 9.60. The van der Waals surface area contributed by atoms with Gasteiger partial charge in [-0.1, -0.05) is 24.3 Å². The summed E-state index contributed by atoms with van der Waals surface area (Å²) in [6.07, 6.45) is 1.22. The van der Waals surface area contributed by atoms with Gasteiger partial charge in [-0.25, -0.2) is 0 Å². The van der Waals surface area contributed by atoms with E-state index in [0.717, 1.165) is 0 Å². The summed E-state index contributed by atoms with van der Waals surface area (Å²) in [6.45, 7) is 0. The van der Waals surface area contributed by atoms with Gasteiger partial charge < -0.3 is 4.98 Å². The standard InChI is InChI=1S/C14H11NS/c1-2-4-11-10(3-1)13-12(15-11)6-5-9-7-8-16-14(9)13/h1-6,15H,7-8H2. The van der Waals surface area contributed by atoms with E-state index in [9.17, 15) is 0 Å². The van der Waals surface area contributed by atoms with Gasteiger partial charge in [0, 0.05) is 32.5 Å². The van der Waals surface area contributed by atoms with Crippen LogP contribution in [0, 0.1) is 0 Å². The van der Waals surface area contributed by atoms with Crippen LogP contribution in [-0.2, 0) is 6.42 Å². The third-order valence-electron chi connectivity index (χ3n) is 3.32. The minimum atomic E-state index is 1.22. The molecule has 0 saturated heterocycles. The van der Waals surface area contributed by atoms with Crippen molar-refractivity contribution in [2.75, 3.05) is 5.75 Å². The van der Waals surface area contributed by atoms with Gasteiger partial charge in [-0.2, -0.15) is 0 Å². The summed E-state index contributed by atoms with van der Waals surface area (Å²) in [4.78, 5) is 4.99. The van der Waals surface area contributed by atoms with E-state index in [4.69, 9.17) is 0 Å². The predicted octanol–water partition coefficient (Wildman–Crippen LogP) is 3.97. The van der Waals surface area contributed by atoms with Crippen LogP contribution in [0.25, 0.3) is 21.8 Å². The first-order chi connectivity index (χ1) is 7.93. The van der Waals surface area contributed by atoms with Gasteiger partial charge in [-0.05, 0) is 24.1 Å². The van der Waals surface area contributed by atoms with Gasteiger partial charge in [-0.3, -0.25) is 0 Å². The van der Waals surface area contributed by atoms with Crippen molar-refractivity contribution in [3.05, 3.63) is 42.0 Å². The molecule has 0 atom stereocenters. The number of aromatic amines is 1. The number of H-pyrrole nitrogens is 1. The van der Waals surface area contributed by atoms with Crippen LogP contribution < -0.4 is 0 Å². The smallest absolute Gasteiger partial charge is 0.0476 e. The second kappa shape index (κ2) is 3.05. The van der Waals surface area contributed by atoms with E-state index in [1.54, 1.807) is 0 Å². The minimum Gasteiger partial charge on any atom is -0.354 e. The molecule has 0 fully saturated rings. The molecule has 0 amide bonds. The van der Waals surface area contributed by atoms with Crippen molar-refractivity contribution in [2.24, 2.45) is 0 Å². The third-order valence-corrected chi connectivity index (χ3v) is 4.49. The average Bonchev–Trinajstić information content (AvgIpc) is 2.91. The Morgan fingerprint density at radius 3 is 2.94 bits per heavy atom. The van der Waals surface area contributed by atoms with E-state index in [-0.39, 0.29) is 0 Å². The highest BCUT2D eigenvalue weighted by molar-refractivity contribution is 7.99. The molecular weight excluding hydrogens is 214 g/mol. The van der Waals surface area contributed by atoms with Crippen molar-refractivity contribution in [3.8, 4) is 0 Å². The zero-order valence-electron chi connectivity index (χ0n) is 8.79. The van der Waals surface area contributed by atoms with Gasteiger partial charge >= 0.3 is 0 Å². The molecule has 0 unspecified atom stereocenters. The molecule has 4 rings (SSSR count). The number of rotatable bonds is 0. The van der Waals surface area contributed by atoms with Crippen LogP contribution in [0.1, 0.15) is 5.56 Å². The summed E-state index contributed by atoms with van der Waals surface area (Å²) >= 11 is 2.00. The Balaban J connectivity index is 2.27. The Kier molecular flexibility index (Phi) is 1.66. The number of aromatic nitrogens is 1. The van der Waals surface area contributed by atoms with Crippen LogP contribution in [0.3, 0.4) is 0 Å². The molecule has 0 radical (unpaired) electrons. The molecule has 0 saturated carbocycles. The van der Waals surface area contributed by atoms with E-state index in [0.29, 0.717) is 0 Å². The van der Waals surface area contributed by atoms with E-state index in [1.807, 2.05) is 11.8 Å². The van der Waals surface area contributed by atoms with Crippen LogP contribution in [0.2, 0.25) is 0 Å². The molecule has 0 spiro atoms. The second-order valence-electron chi connectivity index (χ2n) is 4.25. The van der Waals surface area contributed by atoms with E-state index >= 15 is 0 Å². The van der Waals surface area contributed by atoms with Crippen molar-refractivity contribution >= 4 is 33.6 Å². The minimum absolute atomic E-state index is 1.22. The van der Waals surface area contributed by atoms with Gasteiger partial charge in [-0.15, -0.1) is 11.8 Å². The molecule has 16 heavy (non-hydrogen) atoms. The molecule has 1 nitrogen and oxygen atoms in total. The largest absolute Gasteiger partial charge is 0.354 e. The number of para-hydroxylation sites is 1. The first-order valence-corrected chi connectivity index (χ1v) is 6.57. The van der Waals surface area contributed by atoms with Crippen molar-refractivity contribution in [2.45, 2.75) is 11.3 Å². The molecule has 0 bridgehead atoms. The normalized spacial score (nSPS) is 14.8. The first-order valence-electron chi connectivity index (χ1n) is 5.58. The summed E-state index contributed by atoms with van der Waals surface area (Å²) in [5, 5.41) is 2.79. The fourth-order valence-electron chi connectivity index (χ4n) is 2.58. The lowest BCUT2D eigenvalue weighted by atomic mass is 10.1. The van der Waals surface area contributed by atoms with Gasteiger partial charge in [0.05, 0.1) is 0 Å². The summed E-state index contributed by atoms with van der Waals surface area (Å²) in [6, 6.07) is 13.1. The molecule has 2 heteroatoms. The number of nitrogens with one attached hydrogen (secondary N) is 1. The molecule has 3 aromatic rings. The zero-order chi connectivity index (χ0) is 10.5. The van der Waals surface area contributed by atoms with Crippen molar-refractivity contribution in [1.82, 2.24) is 4.98 Å². The number of benzene rings is 2. The lowest BCUT2D eigenvalue weighted by molar-refractivity contribution is 1.16.